The molecule has 1 aliphatic rings. The number of aliphatic hydroxyl groups excluding tert-OH is 3. The van der Waals surface area contributed by atoms with Gasteiger partial charge < -0.3 is 20.1 Å². The van der Waals surface area contributed by atoms with E-state index >= 15 is 0 Å². The van der Waals surface area contributed by atoms with Crippen molar-refractivity contribution in [2.45, 2.75) is 77.1 Å². The number of aliphatic hydroxyl groups is 3. The van der Waals surface area contributed by atoms with Crippen LogP contribution in [0.3, 0.4) is 0 Å². The minimum Gasteiger partial charge on any atom is -0.457 e. The standard InChI is InChI=1S/C35H44O6/c1-25(2)11-10-14-29(36)21-22-31-30(32(37)23-33(31)38)15-8-3-4-9-16-35(40)41-24-34(39)28-19-17-27(18-20-28)26-12-6-5-7-13-26/h3,5-8,11-13,17-22,29-33,36-38H,4,9-10,14-16,23-24H2,1-2H3/t29-,30+,31+,32-,33+/m0/s1. The molecule has 220 valence electrons. The normalized spacial score (nSPS) is 21.3. The van der Waals surface area contributed by atoms with E-state index in [2.05, 4.69) is 6.08 Å². The molecule has 3 N–H and O–H groups in total. The summed E-state index contributed by atoms with van der Waals surface area (Å²) in [5.41, 5.74) is 3.81. The molecule has 0 amide bonds. The van der Waals surface area contributed by atoms with Gasteiger partial charge in [-0.2, -0.15) is 0 Å². The number of ketones is 1. The fourth-order valence-electron chi connectivity index (χ4n) is 5.12. The van der Waals surface area contributed by atoms with Gasteiger partial charge in [-0.3, -0.25) is 9.59 Å². The van der Waals surface area contributed by atoms with E-state index in [0.29, 0.717) is 37.7 Å². The predicted molar refractivity (Wildman–Crippen MR) is 162 cm³/mol. The molecule has 0 unspecified atom stereocenters. The summed E-state index contributed by atoms with van der Waals surface area (Å²) in [6.07, 6.45) is 11.6. The number of rotatable bonds is 15. The molecule has 1 saturated carbocycles. The topological polar surface area (TPSA) is 104 Å². The molecule has 1 fully saturated rings. The van der Waals surface area contributed by atoms with E-state index in [0.717, 1.165) is 17.5 Å². The van der Waals surface area contributed by atoms with Crippen LogP contribution in [0.25, 0.3) is 11.1 Å². The van der Waals surface area contributed by atoms with Crippen molar-refractivity contribution in [1.29, 1.82) is 0 Å². The first kappa shape index (κ1) is 32.2. The fraction of sp³-hybridized carbons (Fsp3) is 0.429. The summed E-state index contributed by atoms with van der Waals surface area (Å²) in [7, 11) is 0. The molecule has 41 heavy (non-hydrogen) atoms. The Morgan fingerprint density at radius 2 is 1.66 bits per heavy atom. The molecule has 0 bridgehead atoms. The van der Waals surface area contributed by atoms with Gasteiger partial charge in [-0.15, -0.1) is 0 Å². The van der Waals surface area contributed by atoms with E-state index in [-0.39, 0.29) is 30.6 Å². The van der Waals surface area contributed by atoms with Crippen molar-refractivity contribution in [3.05, 3.63) is 96.1 Å². The molecule has 5 atom stereocenters. The third-order valence-electron chi connectivity index (χ3n) is 7.49. The highest BCUT2D eigenvalue weighted by Gasteiger charge is 2.39. The van der Waals surface area contributed by atoms with Crippen LogP contribution in [-0.2, 0) is 9.53 Å². The highest BCUT2D eigenvalue weighted by Crippen LogP contribution is 2.36. The van der Waals surface area contributed by atoms with E-state index in [1.165, 1.54) is 5.57 Å². The average Bonchev–Trinajstić information content (AvgIpc) is 3.24. The zero-order valence-electron chi connectivity index (χ0n) is 24.2. The number of hydrogen-bond donors (Lipinski definition) is 3. The van der Waals surface area contributed by atoms with Gasteiger partial charge in [-0.1, -0.05) is 90.6 Å². The summed E-state index contributed by atoms with van der Waals surface area (Å²) in [5, 5.41) is 31.1. The summed E-state index contributed by atoms with van der Waals surface area (Å²) < 4.78 is 5.18. The van der Waals surface area contributed by atoms with Gasteiger partial charge in [0.25, 0.3) is 0 Å². The van der Waals surface area contributed by atoms with Gasteiger partial charge in [-0.05, 0) is 63.0 Å². The number of Topliss-reactive ketones (excluding diaryl/α,β-unsaturated/α-hetero) is 1. The molecule has 0 heterocycles. The van der Waals surface area contributed by atoms with Crippen LogP contribution in [0, 0.1) is 11.8 Å². The maximum absolute atomic E-state index is 12.4. The SMILES string of the molecule is CC(C)=CCC[C@H](O)C=C[C@@H]1[C@@H](CC=CCCCC(=O)OCC(=O)c2ccc(-c3ccccc3)cc2)[C@@H](O)C[C@H]1O. The second-order valence-corrected chi connectivity index (χ2v) is 11.0. The predicted octanol–water partition coefficient (Wildman–Crippen LogP) is 6.22. The zero-order chi connectivity index (χ0) is 29.6. The van der Waals surface area contributed by atoms with E-state index in [9.17, 15) is 24.9 Å². The van der Waals surface area contributed by atoms with Crippen molar-refractivity contribution in [2.24, 2.45) is 11.8 Å². The number of hydrogen-bond acceptors (Lipinski definition) is 6. The van der Waals surface area contributed by atoms with Gasteiger partial charge in [-0.25, -0.2) is 0 Å². The molecule has 2 aromatic rings. The molecule has 2 aromatic carbocycles. The molecule has 0 saturated heterocycles. The van der Waals surface area contributed by atoms with Crippen molar-refractivity contribution in [2.75, 3.05) is 6.61 Å². The van der Waals surface area contributed by atoms with E-state index < -0.39 is 24.3 Å². The Hall–Kier alpha value is -3.32. The molecule has 6 heteroatoms. The molecular formula is C35H44O6. The Balaban J connectivity index is 1.35. The van der Waals surface area contributed by atoms with E-state index in [1.54, 1.807) is 18.2 Å². The molecular weight excluding hydrogens is 516 g/mol. The first-order chi connectivity index (χ1) is 19.7. The van der Waals surface area contributed by atoms with Gasteiger partial charge in [0.2, 0.25) is 0 Å². The van der Waals surface area contributed by atoms with Gasteiger partial charge in [0.15, 0.2) is 12.4 Å². The van der Waals surface area contributed by atoms with Crippen molar-refractivity contribution >= 4 is 11.8 Å². The van der Waals surface area contributed by atoms with E-state index in [4.69, 9.17) is 4.74 Å². The van der Waals surface area contributed by atoms with Crippen molar-refractivity contribution in [3.63, 3.8) is 0 Å². The Labute approximate surface area is 244 Å². The molecule has 0 spiro atoms. The zero-order valence-corrected chi connectivity index (χ0v) is 24.2. The lowest BCUT2D eigenvalue weighted by atomic mass is 9.89. The number of allylic oxidation sites excluding steroid dienone is 4. The summed E-state index contributed by atoms with van der Waals surface area (Å²) >= 11 is 0. The first-order valence-corrected chi connectivity index (χ1v) is 14.6. The fourth-order valence-corrected chi connectivity index (χ4v) is 5.12. The second-order valence-electron chi connectivity index (χ2n) is 11.0. The highest BCUT2D eigenvalue weighted by molar-refractivity contribution is 5.98. The molecule has 0 radical (unpaired) electrons. The maximum atomic E-state index is 12.4. The van der Waals surface area contributed by atoms with Gasteiger partial charge >= 0.3 is 5.97 Å². The number of carbonyl (C=O) groups excluding carboxylic acids is 2. The number of ether oxygens (including phenoxy) is 1. The molecule has 0 aromatic heterocycles. The van der Waals surface area contributed by atoms with Crippen LogP contribution in [0.15, 0.2) is 90.6 Å². The number of esters is 1. The van der Waals surface area contributed by atoms with Crippen LogP contribution in [0.2, 0.25) is 0 Å². The van der Waals surface area contributed by atoms with Crippen LogP contribution in [0.4, 0.5) is 0 Å². The van der Waals surface area contributed by atoms with Crippen LogP contribution in [0.1, 0.15) is 69.2 Å². The second kappa shape index (κ2) is 16.8. The van der Waals surface area contributed by atoms with Crippen LogP contribution in [0.5, 0.6) is 0 Å². The minimum atomic E-state index is -0.635. The molecule has 6 nitrogen and oxygen atoms in total. The summed E-state index contributed by atoms with van der Waals surface area (Å²) in [6, 6.07) is 17.2. The Bertz CT molecular complexity index is 1180. The van der Waals surface area contributed by atoms with Gasteiger partial charge in [0.05, 0.1) is 18.3 Å². The van der Waals surface area contributed by atoms with E-state index in [1.807, 2.05) is 74.5 Å². The molecule has 0 aliphatic heterocycles. The lowest BCUT2D eigenvalue weighted by Crippen LogP contribution is -2.20. The number of carbonyl (C=O) groups is 2. The third-order valence-corrected chi connectivity index (χ3v) is 7.49. The number of benzene rings is 2. The first-order valence-electron chi connectivity index (χ1n) is 14.6. The third kappa shape index (κ3) is 10.9. The minimum absolute atomic E-state index is 0.125. The Morgan fingerprint density at radius 3 is 2.37 bits per heavy atom. The lowest BCUT2D eigenvalue weighted by Gasteiger charge is -2.19. The van der Waals surface area contributed by atoms with Crippen LogP contribution < -0.4 is 0 Å². The Kier molecular flexibility index (Phi) is 13.2. The van der Waals surface area contributed by atoms with Crippen LogP contribution >= 0.6 is 0 Å². The van der Waals surface area contributed by atoms with Gasteiger partial charge in [0.1, 0.15) is 0 Å². The maximum Gasteiger partial charge on any atom is 0.306 e. The molecule has 3 rings (SSSR count). The highest BCUT2D eigenvalue weighted by atomic mass is 16.5. The summed E-state index contributed by atoms with van der Waals surface area (Å²) in [6.45, 7) is 3.78. The average molecular weight is 561 g/mol. The largest absolute Gasteiger partial charge is 0.457 e. The Morgan fingerprint density at radius 1 is 0.951 bits per heavy atom. The lowest BCUT2D eigenvalue weighted by molar-refractivity contribution is -0.142. The van der Waals surface area contributed by atoms with Crippen molar-refractivity contribution in [3.8, 4) is 11.1 Å². The van der Waals surface area contributed by atoms with Gasteiger partial charge in [0, 0.05) is 24.3 Å². The quantitative estimate of drug-likeness (QED) is 0.103. The monoisotopic (exact) mass is 560 g/mol. The number of unbranched alkanes of at least 4 members (excludes halogenated alkanes) is 1. The smallest absolute Gasteiger partial charge is 0.306 e. The summed E-state index contributed by atoms with van der Waals surface area (Å²) in [4.78, 5) is 24.5. The van der Waals surface area contributed by atoms with Crippen molar-refractivity contribution in [1.82, 2.24) is 0 Å². The summed E-state index contributed by atoms with van der Waals surface area (Å²) in [5.74, 6) is -0.982. The van der Waals surface area contributed by atoms with Crippen LogP contribution in [-0.4, -0.2) is 52.0 Å². The van der Waals surface area contributed by atoms with Crippen molar-refractivity contribution < 1.29 is 29.6 Å². The molecule has 1 aliphatic carbocycles.